The van der Waals surface area contributed by atoms with E-state index in [0.29, 0.717) is 17.0 Å². The number of cyclic esters (lactones) is 1. The van der Waals surface area contributed by atoms with E-state index in [9.17, 15) is 31.1 Å². The molecule has 1 aliphatic rings. The van der Waals surface area contributed by atoms with Crippen molar-refractivity contribution in [2.45, 2.75) is 18.4 Å². The van der Waals surface area contributed by atoms with Crippen molar-refractivity contribution in [1.82, 2.24) is 0 Å². The molecule has 0 bridgehead atoms. The van der Waals surface area contributed by atoms with E-state index in [4.69, 9.17) is 0 Å². The molecule has 0 saturated carbocycles. The van der Waals surface area contributed by atoms with Crippen LogP contribution < -0.4 is 4.90 Å². The number of hydrogen-bond donors (Lipinski definition) is 0. The van der Waals surface area contributed by atoms with Crippen LogP contribution in [0.3, 0.4) is 0 Å². The lowest BCUT2D eigenvalue weighted by Gasteiger charge is -2.21. The van der Waals surface area contributed by atoms with Gasteiger partial charge >= 0.3 is 18.4 Å². The van der Waals surface area contributed by atoms with Gasteiger partial charge in [-0.25, -0.2) is 4.79 Å². The van der Waals surface area contributed by atoms with Crippen LogP contribution in [0.2, 0.25) is 0 Å². The Labute approximate surface area is 120 Å². The summed E-state index contributed by atoms with van der Waals surface area (Å²) in [6, 6.07) is 0.0989. The predicted molar refractivity (Wildman–Crippen MR) is 64.3 cm³/mol. The number of rotatable bonds is 2. The molecule has 22 heavy (non-hydrogen) atoms. The van der Waals surface area contributed by atoms with Gasteiger partial charge < -0.3 is 4.74 Å². The van der Waals surface area contributed by atoms with E-state index in [1.165, 1.54) is 6.08 Å². The molecule has 1 atom stereocenters. The van der Waals surface area contributed by atoms with Gasteiger partial charge in [0.05, 0.1) is 17.2 Å². The fourth-order valence-corrected chi connectivity index (χ4v) is 1.98. The number of alkyl halides is 6. The summed E-state index contributed by atoms with van der Waals surface area (Å²) < 4.78 is 81.3. The van der Waals surface area contributed by atoms with Gasteiger partial charge in [0.25, 0.3) is 0 Å². The number of carbonyl (C=O) groups excluding carboxylic acids is 1. The first-order valence-corrected chi connectivity index (χ1v) is 5.92. The minimum atomic E-state index is -4.98. The number of carbonyl (C=O) groups is 1. The van der Waals surface area contributed by atoms with E-state index in [1.54, 1.807) is 0 Å². The number of benzene rings is 1. The van der Waals surface area contributed by atoms with E-state index in [1.807, 2.05) is 0 Å². The summed E-state index contributed by atoms with van der Waals surface area (Å²) in [5.74, 6) is 0. The summed E-state index contributed by atoms with van der Waals surface area (Å²) in [6.07, 6.45) is -9.79. The molecule has 1 unspecified atom stereocenters. The van der Waals surface area contributed by atoms with Gasteiger partial charge in [-0.15, -0.1) is 6.58 Å². The minimum Gasteiger partial charge on any atom is -0.447 e. The molecule has 1 aromatic rings. The lowest BCUT2D eigenvalue weighted by molar-refractivity contribution is -0.143. The topological polar surface area (TPSA) is 29.5 Å². The van der Waals surface area contributed by atoms with Gasteiger partial charge in [0.15, 0.2) is 0 Å². The summed E-state index contributed by atoms with van der Waals surface area (Å²) in [6.45, 7) is 3.18. The van der Waals surface area contributed by atoms with Gasteiger partial charge in [-0.1, -0.05) is 6.08 Å². The Morgan fingerprint density at radius 3 is 2.00 bits per heavy atom. The third kappa shape index (κ3) is 3.02. The van der Waals surface area contributed by atoms with Crippen molar-refractivity contribution in [1.29, 1.82) is 0 Å². The van der Waals surface area contributed by atoms with Crippen LogP contribution in [-0.4, -0.2) is 18.7 Å². The van der Waals surface area contributed by atoms with Crippen LogP contribution in [0, 0.1) is 0 Å². The van der Waals surface area contributed by atoms with E-state index in [-0.39, 0.29) is 12.7 Å². The zero-order chi connectivity index (χ0) is 16.7. The quantitative estimate of drug-likeness (QED) is 0.601. The monoisotopic (exact) mass is 325 g/mol. The number of hydrogen-bond acceptors (Lipinski definition) is 2. The molecule has 0 aliphatic carbocycles. The normalized spacial score (nSPS) is 19.3. The molecule has 1 heterocycles. The van der Waals surface area contributed by atoms with Crippen LogP contribution in [0.15, 0.2) is 30.9 Å². The fourth-order valence-electron chi connectivity index (χ4n) is 1.98. The third-order valence-corrected chi connectivity index (χ3v) is 3.03. The molecule has 0 N–H and O–H groups in total. The molecule has 9 heteroatoms. The average Bonchev–Trinajstić information content (AvgIpc) is 2.77. The highest BCUT2D eigenvalue weighted by atomic mass is 19.4. The summed E-state index contributed by atoms with van der Waals surface area (Å²) in [5.41, 5.74) is -3.55. The Kier molecular flexibility index (Phi) is 3.84. The maximum Gasteiger partial charge on any atom is 0.416 e. The van der Waals surface area contributed by atoms with Crippen LogP contribution in [0.25, 0.3) is 0 Å². The maximum atomic E-state index is 12.8. The number of amides is 1. The Morgan fingerprint density at radius 2 is 1.59 bits per heavy atom. The molecule has 3 nitrogen and oxygen atoms in total. The predicted octanol–water partition coefficient (Wildman–Crippen LogP) is 4.24. The van der Waals surface area contributed by atoms with E-state index < -0.39 is 41.3 Å². The van der Waals surface area contributed by atoms with Gasteiger partial charge in [0.1, 0.15) is 6.61 Å². The molecule has 1 saturated heterocycles. The molecule has 1 fully saturated rings. The van der Waals surface area contributed by atoms with E-state index in [2.05, 4.69) is 11.3 Å². The Balaban J connectivity index is 2.60. The van der Waals surface area contributed by atoms with Crippen LogP contribution >= 0.6 is 0 Å². The second-order valence-corrected chi connectivity index (χ2v) is 4.51. The van der Waals surface area contributed by atoms with Crippen molar-refractivity contribution in [3.8, 4) is 0 Å². The van der Waals surface area contributed by atoms with Gasteiger partial charge in [-0.3, -0.25) is 4.90 Å². The van der Waals surface area contributed by atoms with Crippen molar-refractivity contribution in [3.05, 3.63) is 42.0 Å². The second-order valence-electron chi connectivity index (χ2n) is 4.51. The molecule has 120 valence electrons. The van der Waals surface area contributed by atoms with Gasteiger partial charge in [-0.05, 0) is 18.2 Å². The van der Waals surface area contributed by atoms with Crippen molar-refractivity contribution in [2.75, 3.05) is 11.5 Å². The first-order chi connectivity index (χ1) is 10.0. The zero-order valence-electron chi connectivity index (χ0n) is 10.8. The van der Waals surface area contributed by atoms with Crippen LogP contribution in [0.4, 0.5) is 36.8 Å². The summed E-state index contributed by atoms with van der Waals surface area (Å²) >= 11 is 0. The molecule has 0 spiro atoms. The molecule has 0 aromatic heterocycles. The molecular weight excluding hydrogens is 316 g/mol. The lowest BCUT2D eigenvalue weighted by Crippen LogP contribution is -2.32. The van der Waals surface area contributed by atoms with Crippen LogP contribution in [-0.2, 0) is 17.1 Å². The number of ether oxygens (including phenoxy) is 1. The first kappa shape index (κ1) is 16.2. The van der Waals surface area contributed by atoms with Crippen molar-refractivity contribution < 1.29 is 35.9 Å². The molecule has 0 radical (unpaired) electrons. The molecule has 2 rings (SSSR count). The number of halogens is 6. The Hall–Kier alpha value is -2.19. The number of nitrogens with zero attached hydrogens (tertiary/aromatic N) is 1. The average molecular weight is 325 g/mol. The van der Waals surface area contributed by atoms with Crippen molar-refractivity contribution in [3.63, 3.8) is 0 Å². The van der Waals surface area contributed by atoms with E-state index >= 15 is 0 Å². The smallest absolute Gasteiger partial charge is 0.416 e. The molecule has 1 aromatic carbocycles. The van der Waals surface area contributed by atoms with Crippen molar-refractivity contribution >= 4 is 11.8 Å². The lowest BCUT2D eigenvalue weighted by atomic mass is 10.1. The molecule has 1 amide bonds. The highest BCUT2D eigenvalue weighted by molar-refractivity contribution is 5.91. The van der Waals surface area contributed by atoms with Crippen LogP contribution in [0.5, 0.6) is 0 Å². The van der Waals surface area contributed by atoms with Gasteiger partial charge in [-0.2, -0.15) is 26.3 Å². The second kappa shape index (κ2) is 5.22. The zero-order valence-corrected chi connectivity index (χ0v) is 10.8. The summed E-state index contributed by atoms with van der Waals surface area (Å²) in [4.78, 5) is 12.3. The summed E-state index contributed by atoms with van der Waals surface area (Å²) in [7, 11) is 0. The minimum absolute atomic E-state index is 0.00613. The first-order valence-electron chi connectivity index (χ1n) is 5.92. The van der Waals surface area contributed by atoms with Crippen LogP contribution in [0.1, 0.15) is 11.1 Å². The van der Waals surface area contributed by atoms with Crippen molar-refractivity contribution in [2.24, 2.45) is 0 Å². The SMILES string of the molecule is C=CC1COC(=O)N1c1cc(C(F)(F)F)cc(C(F)(F)F)c1. The summed E-state index contributed by atoms with van der Waals surface area (Å²) in [5, 5.41) is 0. The fraction of sp³-hybridized carbons (Fsp3) is 0.308. The largest absolute Gasteiger partial charge is 0.447 e. The Bertz CT molecular complexity index is 575. The molecular formula is C13H9F6NO2. The highest BCUT2D eigenvalue weighted by Crippen LogP contribution is 2.39. The highest BCUT2D eigenvalue weighted by Gasteiger charge is 2.40. The maximum absolute atomic E-state index is 12.8. The van der Waals surface area contributed by atoms with Gasteiger partial charge in [0.2, 0.25) is 0 Å². The third-order valence-electron chi connectivity index (χ3n) is 3.03. The Morgan fingerprint density at radius 1 is 1.09 bits per heavy atom. The van der Waals surface area contributed by atoms with Gasteiger partial charge in [0, 0.05) is 5.69 Å². The standard InChI is InChI=1S/C13H9F6NO2/c1-2-9-6-22-11(21)20(9)10-4-7(12(14,15)16)3-8(5-10)13(17,18)19/h2-5,9H,1,6H2. The number of anilines is 1. The van der Waals surface area contributed by atoms with E-state index in [0.717, 1.165) is 0 Å². The molecule has 1 aliphatic heterocycles.